The van der Waals surface area contributed by atoms with Crippen molar-refractivity contribution in [2.24, 2.45) is 0 Å². The van der Waals surface area contributed by atoms with Crippen LogP contribution in [0.1, 0.15) is 12.5 Å². The monoisotopic (exact) mass is 349 g/mol. The maximum Gasteiger partial charge on any atom is 0.517 e. The van der Waals surface area contributed by atoms with Gasteiger partial charge in [-0.25, -0.2) is 9.59 Å². The zero-order chi connectivity index (χ0) is 12.7. The molecule has 0 aliphatic heterocycles. The van der Waals surface area contributed by atoms with Gasteiger partial charge in [0.15, 0.2) is 0 Å². The third-order valence-corrected chi connectivity index (χ3v) is 2.00. The fourth-order valence-electron chi connectivity index (χ4n) is 1.01. The summed E-state index contributed by atoms with van der Waals surface area (Å²) in [5.41, 5.74) is 0.826. The maximum atomic E-state index is 11.1. The molecular formula is C11H12INO4. The van der Waals surface area contributed by atoms with Gasteiger partial charge in [-0.05, 0) is 12.5 Å². The van der Waals surface area contributed by atoms with Crippen molar-refractivity contribution in [2.45, 2.75) is 17.6 Å². The van der Waals surface area contributed by atoms with Gasteiger partial charge in [0.1, 0.15) is 6.61 Å². The third kappa shape index (κ3) is 6.10. The molecule has 0 spiro atoms. The molecule has 0 aliphatic rings. The number of hydrogen-bond donors (Lipinski definition) is 1. The van der Waals surface area contributed by atoms with Crippen LogP contribution >= 0.6 is 22.6 Å². The number of alkyl halides is 1. The second-order valence-corrected chi connectivity index (χ2v) is 5.04. The molecule has 1 aromatic carbocycles. The molecule has 17 heavy (non-hydrogen) atoms. The molecule has 6 heteroatoms. The standard InChI is InChI=1S/C11H12INO4/c1-8(12)13-10(14)17-11(15)16-7-9-5-3-2-4-6-9/h2-6,8H,7H2,1H3,(H,13,14). The van der Waals surface area contributed by atoms with Crippen LogP contribution in [0.4, 0.5) is 9.59 Å². The van der Waals surface area contributed by atoms with Gasteiger partial charge in [-0.2, -0.15) is 0 Å². The second kappa shape index (κ2) is 7.10. The number of rotatable bonds is 3. The average molecular weight is 349 g/mol. The molecule has 5 nitrogen and oxygen atoms in total. The number of amides is 1. The van der Waals surface area contributed by atoms with Gasteiger partial charge in [0.2, 0.25) is 0 Å². The summed E-state index contributed by atoms with van der Waals surface area (Å²) in [4.78, 5) is 22.1. The highest BCUT2D eigenvalue weighted by Gasteiger charge is 2.12. The number of hydrogen-bond acceptors (Lipinski definition) is 4. The van der Waals surface area contributed by atoms with Crippen LogP contribution in [0, 0.1) is 0 Å². The smallest absolute Gasteiger partial charge is 0.429 e. The zero-order valence-corrected chi connectivity index (χ0v) is 11.3. The Kier molecular flexibility index (Phi) is 5.75. The lowest BCUT2D eigenvalue weighted by atomic mass is 10.2. The lowest BCUT2D eigenvalue weighted by Crippen LogP contribution is -2.30. The predicted octanol–water partition coefficient (Wildman–Crippen LogP) is 2.83. The highest BCUT2D eigenvalue weighted by molar-refractivity contribution is 14.1. The van der Waals surface area contributed by atoms with Crippen LogP contribution in [0.3, 0.4) is 0 Å². The average Bonchev–Trinajstić information content (AvgIpc) is 2.26. The topological polar surface area (TPSA) is 64.6 Å². The summed E-state index contributed by atoms with van der Waals surface area (Å²) in [5.74, 6) is 0. The first-order valence-corrected chi connectivity index (χ1v) is 6.15. The second-order valence-electron chi connectivity index (χ2n) is 3.17. The molecule has 92 valence electrons. The maximum absolute atomic E-state index is 11.1. The summed E-state index contributed by atoms with van der Waals surface area (Å²) >= 11 is 1.97. The Morgan fingerprint density at radius 3 is 2.59 bits per heavy atom. The molecule has 1 rings (SSSR count). The van der Waals surface area contributed by atoms with E-state index < -0.39 is 12.2 Å². The highest BCUT2D eigenvalue weighted by atomic mass is 127. The van der Waals surface area contributed by atoms with Crippen molar-refractivity contribution < 1.29 is 19.1 Å². The minimum atomic E-state index is -1.01. The first-order valence-electron chi connectivity index (χ1n) is 4.91. The number of carbonyl (C=O) groups excluding carboxylic acids is 2. The predicted molar refractivity (Wildman–Crippen MR) is 69.7 cm³/mol. The number of benzene rings is 1. The fourth-order valence-corrected chi connectivity index (χ4v) is 1.27. The van der Waals surface area contributed by atoms with E-state index in [1.807, 2.05) is 40.8 Å². The van der Waals surface area contributed by atoms with Crippen molar-refractivity contribution in [1.29, 1.82) is 0 Å². The van der Waals surface area contributed by atoms with E-state index in [1.54, 1.807) is 19.1 Å². The van der Waals surface area contributed by atoms with Gasteiger partial charge in [0, 0.05) is 0 Å². The normalized spacial score (nSPS) is 11.4. The molecule has 1 aromatic rings. The van der Waals surface area contributed by atoms with Gasteiger partial charge < -0.3 is 14.8 Å². The van der Waals surface area contributed by atoms with Gasteiger partial charge in [0.25, 0.3) is 0 Å². The lowest BCUT2D eigenvalue weighted by Gasteiger charge is -2.07. The van der Waals surface area contributed by atoms with Crippen LogP contribution in [0.5, 0.6) is 0 Å². The molecular weight excluding hydrogens is 337 g/mol. The Morgan fingerprint density at radius 2 is 2.00 bits per heavy atom. The van der Waals surface area contributed by atoms with Crippen LogP contribution in [0.25, 0.3) is 0 Å². The molecule has 1 unspecified atom stereocenters. The van der Waals surface area contributed by atoms with Crippen LogP contribution < -0.4 is 5.32 Å². The highest BCUT2D eigenvalue weighted by Crippen LogP contribution is 2.02. The first-order chi connectivity index (χ1) is 8.08. The number of nitrogens with one attached hydrogen (secondary N) is 1. The van der Waals surface area contributed by atoms with Gasteiger partial charge in [-0.1, -0.05) is 52.9 Å². The number of carbonyl (C=O) groups is 2. The molecule has 0 fully saturated rings. The Bertz CT molecular complexity index is 380. The SMILES string of the molecule is CC(I)NC(=O)OC(=O)OCc1ccccc1. The summed E-state index contributed by atoms with van der Waals surface area (Å²) in [6.07, 6.45) is -1.83. The van der Waals surface area contributed by atoms with Crippen molar-refractivity contribution in [3.8, 4) is 0 Å². The summed E-state index contributed by atoms with van der Waals surface area (Å²) in [6.45, 7) is 1.82. The van der Waals surface area contributed by atoms with Gasteiger partial charge >= 0.3 is 12.2 Å². The van der Waals surface area contributed by atoms with Crippen LogP contribution in [-0.4, -0.2) is 16.3 Å². The molecule has 1 atom stereocenters. The molecule has 0 aliphatic carbocycles. The summed E-state index contributed by atoms with van der Waals surface area (Å²) in [6, 6.07) is 9.13. The Labute approximate surface area is 113 Å². The van der Waals surface area contributed by atoms with E-state index in [4.69, 9.17) is 4.74 Å². The van der Waals surface area contributed by atoms with E-state index in [0.29, 0.717) is 0 Å². The number of ether oxygens (including phenoxy) is 2. The molecule has 1 amide bonds. The molecule has 0 saturated heterocycles. The number of alkyl carbamates (subject to hydrolysis) is 1. The Balaban J connectivity index is 2.28. The summed E-state index contributed by atoms with van der Waals surface area (Å²) < 4.78 is 9.00. The Hall–Kier alpha value is -1.31. The minimum absolute atomic E-state index is 0.0761. The van der Waals surface area contributed by atoms with Gasteiger partial charge in [0.05, 0.1) is 4.05 Å². The summed E-state index contributed by atoms with van der Waals surface area (Å²) in [7, 11) is 0. The molecule has 0 radical (unpaired) electrons. The van der Waals surface area contributed by atoms with E-state index in [9.17, 15) is 9.59 Å². The Morgan fingerprint density at radius 1 is 1.35 bits per heavy atom. The molecule has 0 heterocycles. The zero-order valence-electron chi connectivity index (χ0n) is 9.18. The summed E-state index contributed by atoms with van der Waals surface area (Å²) in [5, 5.41) is 2.40. The molecule has 0 saturated carbocycles. The van der Waals surface area contributed by atoms with Crippen molar-refractivity contribution >= 4 is 34.8 Å². The van der Waals surface area contributed by atoms with Crippen molar-refractivity contribution in [2.75, 3.05) is 0 Å². The largest absolute Gasteiger partial charge is 0.517 e. The van der Waals surface area contributed by atoms with E-state index in [2.05, 4.69) is 10.1 Å². The third-order valence-electron chi connectivity index (χ3n) is 1.69. The van der Waals surface area contributed by atoms with Crippen molar-refractivity contribution in [3.63, 3.8) is 0 Å². The van der Waals surface area contributed by atoms with Gasteiger partial charge in [-0.3, -0.25) is 0 Å². The molecule has 0 aromatic heterocycles. The van der Waals surface area contributed by atoms with E-state index >= 15 is 0 Å². The van der Waals surface area contributed by atoms with Crippen molar-refractivity contribution in [3.05, 3.63) is 35.9 Å². The first kappa shape index (κ1) is 13.8. The van der Waals surface area contributed by atoms with Gasteiger partial charge in [-0.15, -0.1) is 0 Å². The quantitative estimate of drug-likeness (QED) is 0.300. The lowest BCUT2D eigenvalue weighted by molar-refractivity contribution is 0.0698. The van der Waals surface area contributed by atoms with Crippen molar-refractivity contribution in [1.82, 2.24) is 5.32 Å². The van der Waals surface area contributed by atoms with E-state index in [0.717, 1.165) is 5.56 Å². The van der Waals surface area contributed by atoms with Crippen LogP contribution in [0.15, 0.2) is 30.3 Å². The van der Waals surface area contributed by atoms with Crippen LogP contribution in [0.2, 0.25) is 0 Å². The fraction of sp³-hybridized carbons (Fsp3) is 0.273. The number of halogens is 1. The van der Waals surface area contributed by atoms with E-state index in [1.165, 1.54) is 0 Å². The van der Waals surface area contributed by atoms with E-state index in [-0.39, 0.29) is 10.7 Å². The molecule has 0 bridgehead atoms. The van der Waals surface area contributed by atoms with Crippen LogP contribution in [-0.2, 0) is 16.1 Å². The minimum Gasteiger partial charge on any atom is -0.429 e. The molecule has 1 N–H and O–H groups in total.